The van der Waals surface area contributed by atoms with Gasteiger partial charge in [0.2, 0.25) is 4.80 Å². The topological polar surface area (TPSA) is 54.7 Å². The third-order valence-corrected chi connectivity index (χ3v) is 6.63. The van der Waals surface area contributed by atoms with Crippen LogP contribution in [-0.2, 0) is 4.74 Å². The molecule has 1 aliphatic heterocycles. The number of ether oxygens (including phenoxy) is 1. The molecule has 0 spiro atoms. The van der Waals surface area contributed by atoms with Crippen LogP contribution in [-0.4, -0.2) is 35.1 Å². The number of fused-ring (bicyclic) bond motifs is 1. The number of H-pyrrole nitrogens is 1. The standard InChI is InChI=1S/C24H23ClN4OS/c1-16-21(20-6-2-3-7-22(20)28-16)14-27-29-23(17-8-10-18(25)11-9-17)15-31-24(29)26-13-19-5-4-12-30-19/h2-3,6-11,14-15,19,28H,4-5,12-13H2,1H3/b26-24?,27-14+. The molecular formula is C24H23ClN4OS. The second kappa shape index (κ2) is 8.83. The minimum atomic E-state index is 0.203. The van der Waals surface area contributed by atoms with Gasteiger partial charge in [-0.25, -0.2) is 4.68 Å². The van der Waals surface area contributed by atoms with Gasteiger partial charge in [-0.05, 0) is 38.0 Å². The van der Waals surface area contributed by atoms with E-state index in [1.807, 2.05) is 47.3 Å². The van der Waals surface area contributed by atoms with E-state index in [4.69, 9.17) is 26.4 Å². The van der Waals surface area contributed by atoms with Gasteiger partial charge in [0.05, 0.1) is 24.6 Å². The van der Waals surface area contributed by atoms with Gasteiger partial charge in [0.15, 0.2) is 0 Å². The second-order valence-electron chi connectivity index (χ2n) is 7.65. The van der Waals surface area contributed by atoms with Gasteiger partial charge in [0.25, 0.3) is 0 Å². The molecule has 31 heavy (non-hydrogen) atoms. The summed E-state index contributed by atoms with van der Waals surface area (Å²) < 4.78 is 7.67. The fourth-order valence-electron chi connectivity index (χ4n) is 3.89. The molecule has 1 atom stereocenters. The summed E-state index contributed by atoms with van der Waals surface area (Å²) in [5, 5.41) is 8.84. The predicted octanol–water partition coefficient (Wildman–Crippen LogP) is 5.62. The lowest BCUT2D eigenvalue weighted by Crippen LogP contribution is -2.17. The lowest BCUT2D eigenvalue weighted by Gasteiger charge is -2.06. The Hall–Kier alpha value is -2.67. The largest absolute Gasteiger partial charge is 0.376 e. The molecule has 1 unspecified atom stereocenters. The second-order valence-corrected chi connectivity index (χ2v) is 8.92. The van der Waals surface area contributed by atoms with E-state index in [9.17, 15) is 0 Å². The fraction of sp³-hybridized carbons (Fsp3) is 0.250. The molecule has 2 aromatic heterocycles. The highest BCUT2D eigenvalue weighted by Gasteiger charge is 2.15. The van der Waals surface area contributed by atoms with Crippen LogP contribution >= 0.6 is 22.9 Å². The average Bonchev–Trinajstić information content (AvgIpc) is 3.50. The van der Waals surface area contributed by atoms with Gasteiger partial charge in [-0.15, -0.1) is 11.3 Å². The van der Waals surface area contributed by atoms with Gasteiger partial charge in [0, 0.05) is 44.7 Å². The highest BCUT2D eigenvalue weighted by molar-refractivity contribution is 7.07. The Labute approximate surface area is 189 Å². The Bertz CT molecular complexity index is 1290. The summed E-state index contributed by atoms with van der Waals surface area (Å²) in [7, 11) is 0. The molecule has 3 heterocycles. The zero-order chi connectivity index (χ0) is 21.2. The van der Waals surface area contributed by atoms with E-state index in [1.165, 1.54) is 0 Å². The maximum Gasteiger partial charge on any atom is 0.206 e. The number of nitrogens with zero attached hydrogens (tertiary/aromatic N) is 3. The summed E-state index contributed by atoms with van der Waals surface area (Å²) in [6, 6.07) is 16.1. The fourth-order valence-corrected chi connectivity index (χ4v) is 4.86. The summed E-state index contributed by atoms with van der Waals surface area (Å²) in [5.41, 5.74) is 5.32. The Morgan fingerprint density at radius 3 is 2.87 bits per heavy atom. The summed E-state index contributed by atoms with van der Waals surface area (Å²) in [6.07, 6.45) is 4.30. The van der Waals surface area contributed by atoms with Crippen molar-refractivity contribution in [3.05, 3.63) is 75.0 Å². The normalized spacial score (nSPS) is 17.4. The Balaban J connectivity index is 1.58. The van der Waals surface area contributed by atoms with Gasteiger partial charge < -0.3 is 9.72 Å². The van der Waals surface area contributed by atoms with Crippen molar-refractivity contribution in [1.29, 1.82) is 0 Å². The number of hydrogen-bond donors (Lipinski definition) is 1. The number of aryl methyl sites for hydroxylation is 1. The molecule has 0 aliphatic carbocycles. The number of halogens is 1. The minimum Gasteiger partial charge on any atom is -0.376 e. The number of benzene rings is 2. The molecule has 5 nitrogen and oxygen atoms in total. The third kappa shape index (κ3) is 4.24. The van der Waals surface area contributed by atoms with Gasteiger partial charge >= 0.3 is 0 Å². The van der Waals surface area contributed by atoms with Crippen molar-refractivity contribution >= 4 is 40.1 Å². The van der Waals surface area contributed by atoms with Crippen molar-refractivity contribution in [2.75, 3.05) is 13.2 Å². The molecule has 0 bridgehead atoms. The zero-order valence-electron chi connectivity index (χ0n) is 17.2. The van der Waals surface area contributed by atoms with Crippen molar-refractivity contribution < 1.29 is 4.74 Å². The first kappa shape index (κ1) is 20.2. The summed E-state index contributed by atoms with van der Waals surface area (Å²) in [5.74, 6) is 0. The van der Waals surface area contributed by atoms with E-state index >= 15 is 0 Å². The van der Waals surface area contributed by atoms with Crippen molar-refractivity contribution in [2.24, 2.45) is 10.1 Å². The molecule has 7 heteroatoms. The molecule has 1 aliphatic rings. The lowest BCUT2D eigenvalue weighted by molar-refractivity contribution is 0.117. The maximum absolute atomic E-state index is 6.10. The van der Waals surface area contributed by atoms with Crippen LogP contribution < -0.4 is 4.80 Å². The molecular weight excluding hydrogens is 428 g/mol. The van der Waals surface area contributed by atoms with E-state index in [-0.39, 0.29) is 6.10 Å². The number of aromatic amines is 1. The van der Waals surface area contributed by atoms with E-state index < -0.39 is 0 Å². The number of thiazole rings is 1. The van der Waals surface area contributed by atoms with Crippen LogP contribution in [0.25, 0.3) is 22.2 Å². The van der Waals surface area contributed by atoms with E-state index in [1.54, 1.807) is 11.3 Å². The number of rotatable bonds is 5. The first-order valence-electron chi connectivity index (χ1n) is 10.4. The van der Waals surface area contributed by atoms with E-state index in [0.717, 1.165) is 57.7 Å². The highest BCUT2D eigenvalue weighted by Crippen LogP contribution is 2.24. The van der Waals surface area contributed by atoms with Gasteiger partial charge in [-0.3, -0.25) is 4.99 Å². The predicted molar refractivity (Wildman–Crippen MR) is 128 cm³/mol. The SMILES string of the molecule is Cc1[nH]c2ccccc2c1/C=N/n1c(-c2ccc(Cl)cc2)csc1=NCC1CCCO1. The van der Waals surface area contributed by atoms with Crippen molar-refractivity contribution in [3.8, 4) is 11.3 Å². The Morgan fingerprint density at radius 1 is 1.23 bits per heavy atom. The summed E-state index contributed by atoms with van der Waals surface area (Å²) in [6.45, 7) is 3.56. The molecule has 0 amide bonds. The Kier molecular flexibility index (Phi) is 5.76. The number of nitrogens with one attached hydrogen (secondary N) is 1. The summed E-state index contributed by atoms with van der Waals surface area (Å²) in [4.78, 5) is 9.14. The van der Waals surface area contributed by atoms with Crippen LogP contribution in [0.5, 0.6) is 0 Å². The number of para-hydroxylation sites is 1. The monoisotopic (exact) mass is 450 g/mol. The lowest BCUT2D eigenvalue weighted by atomic mass is 10.1. The quantitative estimate of drug-likeness (QED) is 0.394. The Morgan fingerprint density at radius 2 is 2.06 bits per heavy atom. The van der Waals surface area contributed by atoms with Crippen LogP contribution in [0.2, 0.25) is 5.02 Å². The molecule has 158 valence electrons. The highest BCUT2D eigenvalue weighted by atomic mass is 35.5. The molecule has 4 aromatic rings. The average molecular weight is 451 g/mol. The summed E-state index contributed by atoms with van der Waals surface area (Å²) >= 11 is 7.69. The van der Waals surface area contributed by atoms with Crippen LogP contribution in [0.3, 0.4) is 0 Å². The maximum atomic E-state index is 6.10. The van der Waals surface area contributed by atoms with Crippen molar-refractivity contribution in [2.45, 2.75) is 25.9 Å². The molecule has 0 radical (unpaired) electrons. The molecule has 1 N–H and O–H groups in total. The molecule has 1 fully saturated rings. The van der Waals surface area contributed by atoms with Crippen LogP contribution in [0.4, 0.5) is 0 Å². The van der Waals surface area contributed by atoms with Gasteiger partial charge in [-0.1, -0.05) is 41.9 Å². The van der Waals surface area contributed by atoms with E-state index in [2.05, 4.69) is 29.4 Å². The first-order chi connectivity index (χ1) is 15.2. The van der Waals surface area contributed by atoms with Crippen molar-refractivity contribution in [3.63, 3.8) is 0 Å². The molecule has 0 saturated carbocycles. The van der Waals surface area contributed by atoms with Crippen molar-refractivity contribution in [1.82, 2.24) is 9.66 Å². The molecule has 1 saturated heterocycles. The number of aromatic nitrogens is 2. The van der Waals surface area contributed by atoms with Crippen LogP contribution in [0.15, 0.2) is 64.0 Å². The minimum absolute atomic E-state index is 0.203. The molecule has 2 aromatic carbocycles. The van der Waals surface area contributed by atoms with Crippen LogP contribution in [0, 0.1) is 6.92 Å². The van der Waals surface area contributed by atoms with Gasteiger partial charge in [-0.2, -0.15) is 5.10 Å². The molecule has 5 rings (SSSR count). The van der Waals surface area contributed by atoms with Crippen LogP contribution in [0.1, 0.15) is 24.1 Å². The first-order valence-corrected chi connectivity index (χ1v) is 11.6. The zero-order valence-corrected chi connectivity index (χ0v) is 18.8. The van der Waals surface area contributed by atoms with E-state index in [0.29, 0.717) is 11.6 Å². The smallest absolute Gasteiger partial charge is 0.206 e. The number of hydrogen-bond acceptors (Lipinski definition) is 4. The van der Waals surface area contributed by atoms with Gasteiger partial charge in [0.1, 0.15) is 0 Å². The third-order valence-electron chi connectivity index (χ3n) is 5.53.